The second kappa shape index (κ2) is 10.1. The highest BCUT2D eigenvalue weighted by Gasteiger charge is 2.27. The number of nitrogens with zero attached hydrogens (tertiary/aromatic N) is 4. The van der Waals surface area contributed by atoms with Gasteiger partial charge < -0.3 is 4.90 Å². The number of hydrogen-bond acceptors (Lipinski definition) is 4. The lowest BCUT2D eigenvalue weighted by Crippen LogP contribution is -2.29. The van der Waals surface area contributed by atoms with E-state index >= 15 is 0 Å². The van der Waals surface area contributed by atoms with Gasteiger partial charge in [0.05, 0.1) is 18.3 Å². The van der Waals surface area contributed by atoms with Gasteiger partial charge in [-0.2, -0.15) is 13.2 Å². The molecule has 4 heterocycles. The van der Waals surface area contributed by atoms with Gasteiger partial charge in [0.15, 0.2) is 0 Å². The Kier molecular flexibility index (Phi) is 6.76. The van der Waals surface area contributed by atoms with Gasteiger partial charge in [-0.15, -0.1) is 0 Å². The highest BCUT2D eigenvalue weighted by molar-refractivity contribution is 5.81. The molecular formula is C28H27F3N4O. The van der Waals surface area contributed by atoms with E-state index in [4.69, 9.17) is 0 Å². The number of ketones is 1. The monoisotopic (exact) mass is 492 g/mol. The summed E-state index contributed by atoms with van der Waals surface area (Å²) in [6.45, 7) is 2.11. The average molecular weight is 493 g/mol. The fourth-order valence-corrected chi connectivity index (χ4v) is 4.68. The van der Waals surface area contributed by atoms with E-state index in [9.17, 15) is 18.0 Å². The number of rotatable bonds is 7. The molecule has 1 aliphatic rings. The number of anilines is 1. The van der Waals surface area contributed by atoms with Crippen molar-refractivity contribution in [3.63, 3.8) is 0 Å². The normalized spacial score (nSPS) is 14.4. The van der Waals surface area contributed by atoms with E-state index < -0.39 is 24.8 Å². The van der Waals surface area contributed by atoms with Crippen LogP contribution in [0.3, 0.4) is 0 Å². The fraction of sp³-hybridized carbons (Fsp3) is 0.321. The summed E-state index contributed by atoms with van der Waals surface area (Å²) in [4.78, 5) is 23.6. The summed E-state index contributed by atoms with van der Waals surface area (Å²) in [7, 11) is 0. The number of alkyl halides is 3. The Bertz CT molecular complexity index is 1360. The minimum atomic E-state index is -4.32. The predicted octanol–water partition coefficient (Wildman–Crippen LogP) is 6.51. The third-order valence-electron chi connectivity index (χ3n) is 6.59. The number of imidazole rings is 1. The number of aromatic nitrogens is 3. The number of carbonyl (C=O) groups excluding carboxylic acids is 1. The molecule has 1 aliphatic heterocycles. The van der Waals surface area contributed by atoms with E-state index in [1.165, 1.54) is 19.3 Å². The van der Waals surface area contributed by atoms with Crippen LogP contribution in [-0.2, 0) is 11.2 Å². The number of carbonyl (C=O) groups is 1. The first-order valence-electron chi connectivity index (χ1n) is 12.2. The van der Waals surface area contributed by atoms with Gasteiger partial charge in [0.2, 0.25) is 0 Å². The van der Waals surface area contributed by atoms with Crippen molar-refractivity contribution < 1.29 is 18.0 Å². The molecule has 0 atom stereocenters. The number of Topliss-reactive ketones (excluding diaryl/α,β-unsaturated/α-hetero) is 1. The maximum absolute atomic E-state index is 12.4. The van der Waals surface area contributed by atoms with Gasteiger partial charge >= 0.3 is 6.18 Å². The quantitative estimate of drug-likeness (QED) is 0.295. The highest BCUT2D eigenvalue weighted by atomic mass is 19.4. The number of halogens is 3. The van der Waals surface area contributed by atoms with Crippen molar-refractivity contribution in [3.05, 3.63) is 72.7 Å². The van der Waals surface area contributed by atoms with Gasteiger partial charge in [-0.1, -0.05) is 18.2 Å². The Morgan fingerprint density at radius 2 is 1.72 bits per heavy atom. The standard InChI is InChI=1S/C28H27F3N4O/c29-28(30,31)11-9-24(36)16-20-5-4-6-22(15-20)25-19-33-27-17-21(10-14-35(25)27)23-7-8-26(32-18-23)34-12-2-1-3-13-34/h4-8,10,14-15,17-19H,1-3,9,11-13,16H2. The molecule has 0 bridgehead atoms. The first-order valence-corrected chi connectivity index (χ1v) is 12.2. The van der Waals surface area contributed by atoms with Gasteiger partial charge in [-0.3, -0.25) is 9.20 Å². The number of fused-ring (bicyclic) bond motifs is 1. The lowest BCUT2D eigenvalue weighted by atomic mass is 10.0. The summed E-state index contributed by atoms with van der Waals surface area (Å²) >= 11 is 0. The molecule has 0 unspecified atom stereocenters. The Morgan fingerprint density at radius 3 is 2.47 bits per heavy atom. The van der Waals surface area contributed by atoms with Crippen LogP contribution in [0.5, 0.6) is 0 Å². The van der Waals surface area contributed by atoms with Crippen molar-refractivity contribution in [2.45, 2.75) is 44.7 Å². The SMILES string of the molecule is O=C(CCC(F)(F)F)Cc1cccc(-c2cnc3cc(-c4ccc(N5CCCCC5)nc4)ccn23)c1. The number of piperidine rings is 1. The lowest BCUT2D eigenvalue weighted by molar-refractivity contribution is -0.143. The van der Waals surface area contributed by atoms with Gasteiger partial charge in [-0.25, -0.2) is 9.97 Å². The average Bonchev–Trinajstić information content (AvgIpc) is 3.31. The molecule has 5 rings (SSSR count). The number of pyridine rings is 2. The van der Waals surface area contributed by atoms with E-state index in [-0.39, 0.29) is 6.42 Å². The van der Waals surface area contributed by atoms with Crippen molar-refractivity contribution in [3.8, 4) is 22.4 Å². The summed E-state index contributed by atoms with van der Waals surface area (Å²) in [5.74, 6) is 0.589. The van der Waals surface area contributed by atoms with Gasteiger partial charge in [-0.05, 0) is 60.7 Å². The van der Waals surface area contributed by atoms with Crippen LogP contribution < -0.4 is 4.90 Å². The molecule has 1 saturated heterocycles. The molecule has 4 aromatic rings. The molecule has 186 valence electrons. The second-order valence-corrected chi connectivity index (χ2v) is 9.27. The van der Waals surface area contributed by atoms with Crippen molar-refractivity contribution in [2.24, 2.45) is 0 Å². The van der Waals surface area contributed by atoms with Crippen molar-refractivity contribution in [1.82, 2.24) is 14.4 Å². The minimum Gasteiger partial charge on any atom is -0.357 e. The zero-order chi connectivity index (χ0) is 25.1. The lowest BCUT2D eigenvalue weighted by Gasteiger charge is -2.27. The van der Waals surface area contributed by atoms with E-state index in [0.29, 0.717) is 5.56 Å². The third kappa shape index (κ3) is 5.58. The maximum atomic E-state index is 12.4. The third-order valence-corrected chi connectivity index (χ3v) is 6.59. The molecule has 3 aromatic heterocycles. The summed E-state index contributed by atoms with van der Waals surface area (Å²) in [5, 5.41) is 0. The second-order valence-electron chi connectivity index (χ2n) is 9.27. The topological polar surface area (TPSA) is 50.5 Å². The first-order chi connectivity index (χ1) is 17.4. The molecular weight excluding hydrogens is 465 g/mol. The summed E-state index contributed by atoms with van der Waals surface area (Å²) in [5.41, 5.74) is 5.19. The van der Waals surface area contributed by atoms with Crippen LogP contribution in [0.1, 0.15) is 37.7 Å². The molecule has 0 radical (unpaired) electrons. The van der Waals surface area contributed by atoms with E-state index in [2.05, 4.69) is 27.0 Å². The van der Waals surface area contributed by atoms with Crippen LogP contribution in [0.25, 0.3) is 28.0 Å². The Balaban J connectivity index is 1.33. The van der Waals surface area contributed by atoms with E-state index in [1.807, 2.05) is 47.1 Å². The molecule has 0 amide bonds. The molecule has 0 N–H and O–H groups in total. The minimum absolute atomic E-state index is 0.0226. The molecule has 0 spiro atoms. The van der Waals surface area contributed by atoms with Gasteiger partial charge in [0, 0.05) is 49.5 Å². The summed E-state index contributed by atoms with van der Waals surface area (Å²) in [6, 6.07) is 15.5. The van der Waals surface area contributed by atoms with Gasteiger partial charge in [0.1, 0.15) is 17.2 Å². The van der Waals surface area contributed by atoms with Crippen LogP contribution in [0.15, 0.2) is 67.1 Å². The Morgan fingerprint density at radius 1 is 0.889 bits per heavy atom. The molecule has 0 saturated carbocycles. The zero-order valence-corrected chi connectivity index (χ0v) is 19.8. The van der Waals surface area contributed by atoms with Crippen LogP contribution in [0.4, 0.5) is 19.0 Å². The zero-order valence-electron chi connectivity index (χ0n) is 19.8. The molecule has 1 fully saturated rings. The molecule has 1 aromatic carbocycles. The van der Waals surface area contributed by atoms with E-state index in [0.717, 1.165) is 46.9 Å². The smallest absolute Gasteiger partial charge is 0.357 e. The number of benzene rings is 1. The van der Waals surface area contributed by atoms with Crippen molar-refractivity contribution >= 4 is 17.2 Å². The highest BCUT2D eigenvalue weighted by Crippen LogP contribution is 2.28. The fourth-order valence-electron chi connectivity index (χ4n) is 4.68. The van der Waals surface area contributed by atoms with Crippen LogP contribution >= 0.6 is 0 Å². The molecule has 0 aliphatic carbocycles. The van der Waals surface area contributed by atoms with Crippen molar-refractivity contribution in [1.29, 1.82) is 0 Å². The van der Waals surface area contributed by atoms with Crippen LogP contribution in [0.2, 0.25) is 0 Å². The largest absolute Gasteiger partial charge is 0.389 e. The summed E-state index contributed by atoms with van der Waals surface area (Å²) in [6.07, 6.45) is 3.39. The van der Waals surface area contributed by atoms with Crippen molar-refractivity contribution in [2.75, 3.05) is 18.0 Å². The molecule has 8 heteroatoms. The Labute approximate surface area is 207 Å². The predicted molar refractivity (Wildman–Crippen MR) is 134 cm³/mol. The Hall–Kier alpha value is -3.68. The maximum Gasteiger partial charge on any atom is 0.389 e. The first kappa shape index (κ1) is 24.0. The van der Waals surface area contributed by atoms with Crippen LogP contribution in [0, 0.1) is 0 Å². The number of hydrogen-bond donors (Lipinski definition) is 0. The van der Waals surface area contributed by atoms with Crippen LogP contribution in [-0.4, -0.2) is 39.4 Å². The van der Waals surface area contributed by atoms with E-state index in [1.54, 1.807) is 12.3 Å². The molecule has 5 nitrogen and oxygen atoms in total. The summed E-state index contributed by atoms with van der Waals surface area (Å²) < 4.78 is 39.2. The molecule has 36 heavy (non-hydrogen) atoms. The van der Waals surface area contributed by atoms with Gasteiger partial charge in [0.25, 0.3) is 0 Å².